The zero-order valence-corrected chi connectivity index (χ0v) is 15.1. The molecule has 134 valence electrons. The second-order valence-corrected chi connectivity index (χ2v) is 7.83. The molecular weight excluding hydrogens is 378 g/mol. The Morgan fingerprint density at radius 2 is 1.73 bits per heavy atom. The molecule has 0 N–H and O–H groups in total. The SMILES string of the molecule is CS(=O)(=O)Oc1c(Sc2ccccc2[N+](=O)[O-])cnn1-c1ccccc1. The maximum Gasteiger partial charge on any atom is 0.307 e. The Bertz CT molecular complexity index is 1050. The summed E-state index contributed by atoms with van der Waals surface area (Å²) in [6, 6.07) is 15.0. The summed E-state index contributed by atoms with van der Waals surface area (Å²) in [7, 11) is -3.83. The van der Waals surface area contributed by atoms with E-state index in [1.807, 2.05) is 6.07 Å². The van der Waals surface area contributed by atoms with Crippen molar-refractivity contribution in [2.24, 2.45) is 0 Å². The van der Waals surface area contributed by atoms with Crippen LogP contribution >= 0.6 is 11.8 Å². The summed E-state index contributed by atoms with van der Waals surface area (Å²) in [5, 5.41) is 15.4. The van der Waals surface area contributed by atoms with E-state index >= 15 is 0 Å². The summed E-state index contributed by atoms with van der Waals surface area (Å²) in [6.45, 7) is 0. The van der Waals surface area contributed by atoms with E-state index in [2.05, 4.69) is 5.10 Å². The summed E-state index contributed by atoms with van der Waals surface area (Å²) in [5.74, 6) is -0.0261. The molecule has 0 saturated carbocycles. The summed E-state index contributed by atoms with van der Waals surface area (Å²) in [6.07, 6.45) is 2.34. The first-order valence-electron chi connectivity index (χ1n) is 7.29. The largest absolute Gasteiger partial charge is 0.360 e. The molecule has 10 heteroatoms. The van der Waals surface area contributed by atoms with E-state index in [0.717, 1.165) is 18.0 Å². The molecule has 0 fully saturated rings. The molecule has 0 saturated heterocycles. The Morgan fingerprint density at radius 3 is 2.38 bits per heavy atom. The first kappa shape index (κ1) is 18.0. The van der Waals surface area contributed by atoms with Crippen LogP contribution in [-0.2, 0) is 10.1 Å². The van der Waals surface area contributed by atoms with Crippen LogP contribution < -0.4 is 4.18 Å². The molecule has 1 aromatic heterocycles. The van der Waals surface area contributed by atoms with Crippen molar-refractivity contribution in [1.82, 2.24) is 9.78 Å². The Morgan fingerprint density at radius 1 is 1.08 bits per heavy atom. The summed E-state index contributed by atoms with van der Waals surface area (Å²) >= 11 is 1.01. The number of rotatable bonds is 6. The Labute approximate surface area is 153 Å². The maximum absolute atomic E-state index is 11.7. The van der Waals surface area contributed by atoms with E-state index in [0.29, 0.717) is 15.5 Å². The second-order valence-electron chi connectivity index (χ2n) is 5.18. The van der Waals surface area contributed by atoms with Gasteiger partial charge in [-0.25, -0.2) is 0 Å². The molecule has 0 amide bonds. The number of para-hydroxylation sites is 2. The Hall–Kier alpha value is -2.85. The van der Waals surface area contributed by atoms with E-state index in [1.54, 1.807) is 42.5 Å². The van der Waals surface area contributed by atoms with Gasteiger partial charge < -0.3 is 4.18 Å². The van der Waals surface area contributed by atoms with Gasteiger partial charge in [-0.2, -0.15) is 18.2 Å². The van der Waals surface area contributed by atoms with Crippen molar-refractivity contribution < 1.29 is 17.5 Å². The van der Waals surface area contributed by atoms with E-state index < -0.39 is 15.0 Å². The summed E-state index contributed by atoms with van der Waals surface area (Å²) in [4.78, 5) is 11.4. The Balaban J connectivity index is 2.08. The number of hydrogen-bond donors (Lipinski definition) is 0. The number of hydrogen-bond acceptors (Lipinski definition) is 7. The third kappa shape index (κ3) is 4.03. The Kier molecular flexibility index (Phi) is 4.96. The standard InChI is InChI=1S/C16H13N3O5S2/c1-26(22,23)24-16-15(11-17-18(16)12-7-3-2-4-8-12)25-14-10-6-5-9-13(14)19(20)21/h2-11H,1H3. The van der Waals surface area contributed by atoms with Crippen molar-refractivity contribution in [2.75, 3.05) is 6.26 Å². The van der Waals surface area contributed by atoms with Crippen molar-refractivity contribution in [3.8, 4) is 11.6 Å². The van der Waals surface area contributed by atoms with Crippen LogP contribution in [0.1, 0.15) is 0 Å². The minimum atomic E-state index is -3.83. The molecule has 1 heterocycles. The highest BCUT2D eigenvalue weighted by atomic mass is 32.2. The highest BCUT2D eigenvalue weighted by Gasteiger charge is 2.22. The lowest BCUT2D eigenvalue weighted by Gasteiger charge is -2.09. The third-order valence-corrected chi connectivity index (χ3v) is 4.73. The first-order chi connectivity index (χ1) is 12.3. The van der Waals surface area contributed by atoms with Crippen LogP contribution in [0.5, 0.6) is 5.88 Å². The number of aromatic nitrogens is 2. The van der Waals surface area contributed by atoms with Crippen molar-refractivity contribution in [3.05, 3.63) is 70.9 Å². The van der Waals surface area contributed by atoms with Gasteiger partial charge in [0.2, 0.25) is 0 Å². The smallest absolute Gasteiger partial charge is 0.307 e. The molecule has 0 unspecified atom stereocenters. The topological polar surface area (TPSA) is 104 Å². The van der Waals surface area contributed by atoms with Gasteiger partial charge in [0, 0.05) is 6.07 Å². The molecular formula is C16H13N3O5S2. The van der Waals surface area contributed by atoms with E-state index in [9.17, 15) is 18.5 Å². The van der Waals surface area contributed by atoms with E-state index in [1.165, 1.54) is 16.9 Å². The predicted molar refractivity (Wildman–Crippen MR) is 96.3 cm³/mol. The number of nitro benzene ring substituents is 1. The molecule has 3 rings (SSSR count). The van der Waals surface area contributed by atoms with Crippen molar-refractivity contribution in [2.45, 2.75) is 9.79 Å². The fourth-order valence-corrected chi connectivity index (χ4v) is 3.62. The monoisotopic (exact) mass is 391 g/mol. The average molecular weight is 391 g/mol. The second kappa shape index (κ2) is 7.18. The van der Waals surface area contributed by atoms with Crippen molar-refractivity contribution in [3.63, 3.8) is 0 Å². The number of nitrogens with zero attached hydrogens (tertiary/aromatic N) is 3. The predicted octanol–water partition coefficient (Wildman–Crippen LogP) is 3.27. The lowest BCUT2D eigenvalue weighted by atomic mass is 10.3. The van der Waals surface area contributed by atoms with E-state index in [-0.39, 0.29) is 11.6 Å². The highest BCUT2D eigenvalue weighted by Crippen LogP contribution is 2.40. The maximum atomic E-state index is 11.7. The molecule has 0 aliphatic rings. The molecule has 26 heavy (non-hydrogen) atoms. The molecule has 0 spiro atoms. The normalized spacial score (nSPS) is 11.3. The zero-order chi connectivity index (χ0) is 18.7. The van der Waals surface area contributed by atoms with Gasteiger partial charge in [0.15, 0.2) is 0 Å². The summed E-state index contributed by atoms with van der Waals surface area (Å²) in [5.41, 5.74) is 0.510. The molecule has 0 bridgehead atoms. The lowest BCUT2D eigenvalue weighted by Crippen LogP contribution is -2.10. The fraction of sp³-hybridized carbons (Fsp3) is 0.0625. The number of benzene rings is 2. The highest BCUT2D eigenvalue weighted by molar-refractivity contribution is 7.99. The van der Waals surface area contributed by atoms with Gasteiger partial charge in [-0.1, -0.05) is 42.1 Å². The summed E-state index contributed by atoms with van der Waals surface area (Å²) < 4.78 is 29.8. The van der Waals surface area contributed by atoms with Crippen LogP contribution in [0, 0.1) is 10.1 Å². The van der Waals surface area contributed by atoms with Crippen LogP contribution in [0.4, 0.5) is 5.69 Å². The van der Waals surface area contributed by atoms with Gasteiger partial charge in [0.1, 0.15) is 0 Å². The molecule has 0 radical (unpaired) electrons. The molecule has 3 aromatic rings. The van der Waals surface area contributed by atoms with Gasteiger partial charge >= 0.3 is 10.1 Å². The molecule has 0 atom stereocenters. The molecule has 8 nitrogen and oxygen atoms in total. The van der Waals surface area contributed by atoms with Gasteiger partial charge in [-0.15, -0.1) is 0 Å². The van der Waals surface area contributed by atoms with Gasteiger partial charge in [-0.05, 0) is 18.2 Å². The van der Waals surface area contributed by atoms with Gasteiger partial charge in [0.05, 0.1) is 32.9 Å². The molecule has 0 aliphatic carbocycles. The first-order valence-corrected chi connectivity index (χ1v) is 9.92. The van der Waals surface area contributed by atoms with Gasteiger partial charge in [0.25, 0.3) is 11.6 Å². The quantitative estimate of drug-likeness (QED) is 0.361. The fourth-order valence-electron chi connectivity index (χ4n) is 2.18. The van der Waals surface area contributed by atoms with Gasteiger partial charge in [-0.3, -0.25) is 10.1 Å². The van der Waals surface area contributed by atoms with Crippen LogP contribution in [-0.4, -0.2) is 29.4 Å². The zero-order valence-electron chi connectivity index (χ0n) is 13.5. The van der Waals surface area contributed by atoms with Crippen LogP contribution in [0.2, 0.25) is 0 Å². The van der Waals surface area contributed by atoms with Crippen molar-refractivity contribution in [1.29, 1.82) is 0 Å². The van der Waals surface area contributed by atoms with Crippen LogP contribution in [0.15, 0.2) is 70.6 Å². The molecule has 2 aromatic carbocycles. The molecule has 0 aliphatic heterocycles. The van der Waals surface area contributed by atoms with Crippen molar-refractivity contribution >= 4 is 27.6 Å². The lowest BCUT2D eigenvalue weighted by molar-refractivity contribution is -0.387. The average Bonchev–Trinajstić information content (AvgIpc) is 2.96. The van der Waals surface area contributed by atoms with E-state index in [4.69, 9.17) is 4.18 Å². The number of nitro groups is 1. The minimum absolute atomic E-state index is 0.0261. The third-order valence-electron chi connectivity index (χ3n) is 3.21. The minimum Gasteiger partial charge on any atom is -0.360 e. The van der Waals surface area contributed by atoms with Crippen LogP contribution in [0.3, 0.4) is 0 Å². The van der Waals surface area contributed by atoms with Crippen LogP contribution in [0.25, 0.3) is 5.69 Å².